The van der Waals surface area contributed by atoms with Gasteiger partial charge in [0.2, 0.25) is 0 Å². The maximum absolute atomic E-state index is 13.8. The number of benzene rings is 2. The van der Waals surface area contributed by atoms with E-state index in [4.69, 9.17) is 4.74 Å². The van der Waals surface area contributed by atoms with E-state index in [1.54, 1.807) is 6.07 Å². The summed E-state index contributed by atoms with van der Waals surface area (Å²) in [5.41, 5.74) is 2.34. The van der Waals surface area contributed by atoms with Crippen LogP contribution in [0.2, 0.25) is 0 Å². The molecule has 4 nitrogen and oxygen atoms in total. The molecule has 0 aromatic heterocycles. The van der Waals surface area contributed by atoms with Gasteiger partial charge in [-0.2, -0.15) is 0 Å². The van der Waals surface area contributed by atoms with Gasteiger partial charge in [-0.05, 0) is 49.2 Å². The van der Waals surface area contributed by atoms with Crippen LogP contribution in [-0.2, 0) is 10.0 Å². The SMILES string of the molecule is COc1ccc(S(=O)(=O)N(C)c2cc(C)ccc2C)cc1F. The lowest BCUT2D eigenvalue weighted by Gasteiger charge is -2.22. The second kappa shape index (κ2) is 5.96. The van der Waals surface area contributed by atoms with Crippen molar-refractivity contribution in [2.45, 2.75) is 18.7 Å². The predicted molar refractivity (Wildman–Crippen MR) is 84.5 cm³/mol. The molecule has 0 amide bonds. The van der Waals surface area contributed by atoms with Crippen LogP contribution >= 0.6 is 0 Å². The Balaban J connectivity index is 2.49. The molecule has 0 N–H and O–H groups in total. The maximum atomic E-state index is 13.8. The van der Waals surface area contributed by atoms with Crippen molar-refractivity contribution in [1.82, 2.24) is 0 Å². The number of sulfonamides is 1. The van der Waals surface area contributed by atoms with Gasteiger partial charge in [0.1, 0.15) is 0 Å². The van der Waals surface area contributed by atoms with E-state index < -0.39 is 15.8 Å². The molecule has 118 valence electrons. The van der Waals surface area contributed by atoms with Crippen LogP contribution in [0.5, 0.6) is 5.75 Å². The smallest absolute Gasteiger partial charge is 0.264 e. The summed E-state index contributed by atoms with van der Waals surface area (Å²) in [5.74, 6) is -0.703. The normalized spacial score (nSPS) is 11.3. The molecule has 22 heavy (non-hydrogen) atoms. The van der Waals surface area contributed by atoms with Gasteiger partial charge >= 0.3 is 0 Å². The van der Waals surface area contributed by atoms with E-state index in [0.717, 1.165) is 21.5 Å². The minimum Gasteiger partial charge on any atom is -0.494 e. The van der Waals surface area contributed by atoms with Crippen molar-refractivity contribution in [3.05, 3.63) is 53.3 Å². The summed E-state index contributed by atoms with van der Waals surface area (Å²) in [4.78, 5) is -0.116. The van der Waals surface area contributed by atoms with Gasteiger partial charge < -0.3 is 4.74 Å². The van der Waals surface area contributed by atoms with Crippen LogP contribution in [0.15, 0.2) is 41.3 Å². The lowest BCUT2D eigenvalue weighted by molar-refractivity contribution is 0.385. The monoisotopic (exact) mass is 323 g/mol. The fraction of sp³-hybridized carbons (Fsp3) is 0.250. The molecule has 0 saturated carbocycles. The number of aryl methyl sites for hydroxylation is 2. The van der Waals surface area contributed by atoms with Crippen LogP contribution in [0.4, 0.5) is 10.1 Å². The van der Waals surface area contributed by atoms with Gasteiger partial charge in [-0.1, -0.05) is 12.1 Å². The molecule has 0 heterocycles. The molecule has 0 spiro atoms. The fourth-order valence-corrected chi connectivity index (χ4v) is 3.42. The molecule has 2 aromatic rings. The first-order chi connectivity index (χ1) is 10.3. The van der Waals surface area contributed by atoms with E-state index in [1.165, 1.54) is 26.3 Å². The second-order valence-electron chi connectivity index (χ2n) is 5.06. The zero-order valence-electron chi connectivity index (χ0n) is 12.9. The van der Waals surface area contributed by atoms with Gasteiger partial charge in [0.05, 0.1) is 17.7 Å². The van der Waals surface area contributed by atoms with Gasteiger partial charge in [-0.15, -0.1) is 0 Å². The highest BCUT2D eigenvalue weighted by molar-refractivity contribution is 7.92. The number of ether oxygens (including phenoxy) is 1. The Kier molecular flexibility index (Phi) is 4.42. The zero-order chi connectivity index (χ0) is 16.5. The lowest BCUT2D eigenvalue weighted by atomic mass is 10.1. The Bertz CT molecular complexity index is 803. The highest BCUT2D eigenvalue weighted by Crippen LogP contribution is 2.28. The lowest BCUT2D eigenvalue weighted by Crippen LogP contribution is -2.27. The van der Waals surface area contributed by atoms with Crippen LogP contribution in [0.25, 0.3) is 0 Å². The topological polar surface area (TPSA) is 46.6 Å². The van der Waals surface area contributed by atoms with E-state index in [-0.39, 0.29) is 10.6 Å². The molecule has 2 aromatic carbocycles. The molecule has 2 rings (SSSR count). The summed E-state index contributed by atoms with van der Waals surface area (Å²) in [5, 5.41) is 0. The van der Waals surface area contributed by atoms with Crippen molar-refractivity contribution in [2.75, 3.05) is 18.5 Å². The quantitative estimate of drug-likeness (QED) is 0.867. The number of halogens is 1. The summed E-state index contributed by atoms with van der Waals surface area (Å²) in [7, 11) is -1.06. The molecule has 0 bridgehead atoms. The Morgan fingerprint density at radius 3 is 2.36 bits per heavy atom. The molecule has 0 unspecified atom stereocenters. The molecule has 6 heteroatoms. The van der Waals surface area contributed by atoms with Gasteiger partial charge in [0.25, 0.3) is 10.0 Å². The Hall–Kier alpha value is -2.08. The second-order valence-corrected chi connectivity index (χ2v) is 7.03. The van der Waals surface area contributed by atoms with Crippen molar-refractivity contribution in [2.24, 2.45) is 0 Å². The molecule has 0 aliphatic carbocycles. The first kappa shape index (κ1) is 16.3. The summed E-state index contributed by atoms with van der Waals surface area (Å²) < 4.78 is 45.1. The molecular weight excluding hydrogens is 305 g/mol. The number of nitrogens with zero attached hydrogens (tertiary/aromatic N) is 1. The largest absolute Gasteiger partial charge is 0.494 e. The molecule has 0 radical (unpaired) electrons. The summed E-state index contributed by atoms with van der Waals surface area (Å²) >= 11 is 0. The summed E-state index contributed by atoms with van der Waals surface area (Å²) in [6, 6.07) is 9.15. The number of rotatable bonds is 4. The van der Waals surface area contributed by atoms with Gasteiger partial charge in [-0.25, -0.2) is 12.8 Å². The van der Waals surface area contributed by atoms with Crippen LogP contribution in [0.3, 0.4) is 0 Å². The van der Waals surface area contributed by atoms with E-state index in [2.05, 4.69) is 0 Å². The molecular formula is C16H18FNO3S. The Morgan fingerprint density at radius 1 is 1.09 bits per heavy atom. The molecule has 0 aliphatic heterocycles. The van der Waals surface area contributed by atoms with E-state index in [1.807, 2.05) is 26.0 Å². The molecule has 0 fully saturated rings. The first-order valence-electron chi connectivity index (χ1n) is 6.67. The Labute approximate surface area is 130 Å². The van der Waals surface area contributed by atoms with Crippen LogP contribution in [0, 0.1) is 19.7 Å². The minimum atomic E-state index is -3.84. The first-order valence-corrected chi connectivity index (χ1v) is 8.11. The third-order valence-electron chi connectivity index (χ3n) is 3.49. The molecule has 0 atom stereocenters. The third-order valence-corrected chi connectivity index (χ3v) is 5.25. The van der Waals surface area contributed by atoms with Crippen LogP contribution in [-0.4, -0.2) is 22.6 Å². The number of anilines is 1. The highest BCUT2D eigenvalue weighted by Gasteiger charge is 2.24. The summed E-state index contributed by atoms with van der Waals surface area (Å²) in [6.07, 6.45) is 0. The van der Waals surface area contributed by atoms with Crippen molar-refractivity contribution >= 4 is 15.7 Å². The fourth-order valence-electron chi connectivity index (χ4n) is 2.15. The van der Waals surface area contributed by atoms with Crippen molar-refractivity contribution in [3.63, 3.8) is 0 Å². The third kappa shape index (κ3) is 2.92. The van der Waals surface area contributed by atoms with Gasteiger partial charge in [0.15, 0.2) is 11.6 Å². The Morgan fingerprint density at radius 2 is 1.77 bits per heavy atom. The average molecular weight is 323 g/mol. The van der Waals surface area contributed by atoms with E-state index in [0.29, 0.717) is 5.69 Å². The van der Waals surface area contributed by atoms with Gasteiger partial charge in [0, 0.05) is 7.05 Å². The minimum absolute atomic E-state index is 0.00772. The number of hydrogen-bond acceptors (Lipinski definition) is 3. The van der Waals surface area contributed by atoms with Crippen molar-refractivity contribution < 1.29 is 17.5 Å². The highest BCUT2D eigenvalue weighted by atomic mass is 32.2. The number of methoxy groups -OCH3 is 1. The van der Waals surface area contributed by atoms with Crippen LogP contribution in [0.1, 0.15) is 11.1 Å². The van der Waals surface area contributed by atoms with E-state index in [9.17, 15) is 12.8 Å². The van der Waals surface area contributed by atoms with Crippen molar-refractivity contribution in [3.8, 4) is 5.75 Å². The standard InChI is InChI=1S/C16H18FNO3S/c1-11-5-6-12(2)15(9-11)18(3)22(19,20)13-7-8-16(21-4)14(17)10-13/h5-10H,1-4H3. The maximum Gasteiger partial charge on any atom is 0.264 e. The zero-order valence-corrected chi connectivity index (χ0v) is 13.7. The average Bonchev–Trinajstić information content (AvgIpc) is 2.48. The number of hydrogen-bond donors (Lipinski definition) is 0. The van der Waals surface area contributed by atoms with Gasteiger partial charge in [-0.3, -0.25) is 4.31 Å². The van der Waals surface area contributed by atoms with Crippen LogP contribution < -0.4 is 9.04 Å². The predicted octanol–water partition coefficient (Wildman–Crippen LogP) is 3.28. The molecule has 0 saturated heterocycles. The summed E-state index contributed by atoms with van der Waals surface area (Å²) in [6.45, 7) is 3.71. The van der Waals surface area contributed by atoms with E-state index >= 15 is 0 Å². The van der Waals surface area contributed by atoms with Crippen molar-refractivity contribution in [1.29, 1.82) is 0 Å². The molecule has 0 aliphatic rings.